The zero-order chi connectivity index (χ0) is 14.0. The van der Waals surface area contributed by atoms with Crippen LogP contribution in [0.1, 0.15) is 69.4 Å². The molecule has 2 rings (SSSR count). The van der Waals surface area contributed by atoms with E-state index in [9.17, 15) is 0 Å². The van der Waals surface area contributed by atoms with Crippen molar-refractivity contribution in [2.45, 2.75) is 78.9 Å². The molecule has 0 spiro atoms. The van der Waals surface area contributed by atoms with Gasteiger partial charge in [0.1, 0.15) is 0 Å². The summed E-state index contributed by atoms with van der Waals surface area (Å²) in [6.45, 7) is 12.1. The van der Waals surface area contributed by atoms with Crippen molar-refractivity contribution in [2.75, 3.05) is 0 Å². The van der Waals surface area contributed by atoms with Gasteiger partial charge in [-0.05, 0) is 53.4 Å². The van der Waals surface area contributed by atoms with Crippen molar-refractivity contribution in [2.24, 2.45) is 5.92 Å². The maximum atomic E-state index is 4.63. The molecule has 0 saturated heterocycles. The Morgan fingerprint density at radius 2 is 1.89 bits per heavy atom. The molecular weight excluding hydrogens is 234 g/mol. The molecule has 1 aromatic heterocycles. The molecule has 3 heteroatoms. The summed E-state index contributed by atoms with van der Waals surface area (Å²) < 4.78 is 2.11. The van der Waals surface area contributed by atoms with Crippen LogP contribution in [0.3, 0.4) is 0 Å². The average Bonchev–Trinajstić information content (AvgIpc) is 2.97. The second kappa shape index (κ2) is 6.08. The van der Waals surface area contributed by atoms with Crippen molar-refractivity contribution < 1.29 is 0 Å². The lowest BCUT2D eigenvalue weighted by Crippen LogP contribution is -2.34. The first kappa shape index (κ1) is 14.6. The monoisotopic (exact) mass is 263 g/mol. The minimum absolute atomic E-state index is 0.399. The van der Waals surface area contributed by atoms with Crippen LogP contribution in [0.25, 0.3) is 0 Å². The molecule has 1 aliphatic rings. The van der Waals surface area contributed by atoms with Gasteiger partial charge in [-0.25, -0.2) is 0 Å². The van der Waals surface area contributed by atoms with Gasteiger partial charge in [-0.1, -0.05) is 12.8 Å². The number of nitrogens with one attached hydrogen (secondary N) is 1. The Kier molecular flexibility index (Phi) is 4.67. The van der Waals surface area contributed by atoms with E-state index in [4.69, 9.17) is 0 Å². The van der Waals surface area contributed by atoms with Crippen LogP contribution in [0.4, 0.5) is 0 Å². The SMILES string of the molecule is CCn1nc(C)c(C(C)NC(C)C2CCCC2)c1C. The van der Waals surface area contributed by atoms with E-state index >= 15 is 0 Å². The van der Waals surface area contributed by atoms with Crippen molar-refractivity contribution >= 4 is 0 Å². The Morgan fingerprint density at radius 3 is 2.42 bits per heavy atom. The van der Waals surface area contributed by atoms with Crippen LogP contribution in [0, 0.1) is 19.8 Å². The molecule has 0 amide bonds. The third kappa shape index (κ3) is 3.02. The summed E-state index contributed by atoms with van der Waals surface area (Å²) in [6, 6.07) is 1.01. The lowest BCUT2D eigenvalue weighted by Gasteiger charge is -2.25. The lowest BCUT2D eigenvalue weighted by molar-refractivity contribution is 0.351. The van der Waals surface area contributed by atoms with Gasteiger partial charge in [0, 0.05) is 29.9 Å². The first-order valence-corrected chi connectivity index (χ1v) is 7.84. The number of hydrogen-bond donors (Lipinski definition) is 1. The molecule has 0 aliphatic heterocycles. The largest absolute Gasteiger partial charge is 0.307 e. The lowest BCUT2D eigenvalue weighted by atomic mass is 9.97. The Hall–Kier alpha value is -0.830. The Balaban J connectivity index is 2.06. The predicted molar refractivity (Wildman–Crippen MR) is 80.3 cm³/mol. The third-order valence-corrected chi connectivity index (χ3v) is 4.79. The Bertz CT molecular complexity index is 416. The summed E-state index contributed by atoms with van der Waals surface area (Å²) in [7, 11) is 0. The van der Waals surface area contributed by atoms with E-state index in [-0.39, 0.29) is 0 Å². The van der Waals surface area contributed by atoms with Crippen molar-refractivity contribution in [1.29, 1.82) is 0 Å². The highest BCUT2D eigenvalue weighted by atomic mass is 15.3. The van der Waals surface area contributed by atoms with Crippen molar-refractivity contribution in [1.82, 2.24) is 15.1 Å². The highest BCUT2D eigenvalue weighted by Gasteiger charge is 2.24. The minimum atomic E-state index is 0.399. The van der Waals surface area contributed by atoms with Gasteiger partial charge in [0.2, 0.25) is 0 Å². The van der Waals surface area contributed by atoms with E-state index in [0.717, 1.165) is 12.5 Å². The molecule has 3 nitrogen and oxygen atoms in total. The van der Waals surface area contributed by atoms with Gasteiger partial charge in [-0.3, -0.25) is 4.68 Å². The molecule has 1 aromatic rings. The zero-order valence-electron chi connectivity index (χ0n) is 13.2. The summed E-state index contributed by atoms with van der Waals surface area (Å²) in [5.74, 6) is 0.865. The van der Waals surface area contributed by atoms with Crippen LogP contribution in [0.15, 0.2) is 0 Å². The van der Waals surface area contributed by atoms with E-state index in [1.54, 1.807) is 0 Å². The number of aromatic nitrogens is 2. The molecule has 0 bridgehead atoms. The maximum absolute atomic E-state index is 4.63. The average molecular weight is 263 g/mol. The quantitative estimate of drug-likeness (QED) is 0.877. The van der Waals surface area contributed by atoms with Crippen molar-refractivity contribution in [3.63, 3.8) is 0 Å². The van der Waals surface area contributed by atoms with E-state index in [2.05, 4.69) is 49.7 Å². The number of nitrogens with zero attached hydrogens (tertiary/aromatic N) is 2. The molecule has 1 saturated carbocycles. The molecule has 19 heavy (non-hydrogen) atoms. The van der Waals surface area contributed by atoms with E-state index in [0.29, 0.717) is 12.1 Å². The Morgan fingerprint density at radius 1 is 1.26 bits per heavy atom. The number of rotatable bonds is 5. The van der Waals surface area contributed by atoms with Gasteiger partial charge < -0.3 is 5.32 Å². The maximum Gasteiger partial charge on any atom is 0.0644 e. The van der Waals surface area contributed by atoms with Gasteiger partial charge in [-0.15, -0.1) is 0 Å². The van der Waals surface area contributed by atoms with Gasteiger partial charge in [0.25, 0.3) is 0 Å². The standard InChI is InChI=1S/C16H29N3/c1-6-19-14(5)16(13(4)18-19)12(3)17-11(2)15-9-7-8-10-15/h11-12,15,17H,6-10H2,1-5H3. The normalized spacial score (nSPS) is 19.8. The van der Waals surface area contributed by atoms with Gasteiger partial charge in [0.15, 0.2) is 0 Å². The third-order valence-electron chi connectivity index (χ3n) is 4.79. The van der Waals surface area contributed by atoms with Crippen LogP contribution < -0.4 is 5.32 Å². The van der Waals surface area contributed by atoms with Gasteiger partial charge in [-0.2, -0.15) is 5.10 Å². The first-order valence-electron chi connectivity index (χ1n) is 7.84. The second-order valence-corrected chi connectivity index (χ2v) is 6.12. The van der Waals surface area contributed by atoms with E-state index in [1.807, 2.05) is 0 Å². The number of aryl methyl sites for hydroxylation is 2. The summed E-state index contributed by atoms with van der Waals surface area (Å²) in [4.78, 5) is 0. The first-order chi connectivity index (χ1) is 9.04. The summed E-state index contributed by atoms with van der Waals surface area (Å²) in [5.41, 5.74) is 3.89. The summed E-state index contributed by atoms with van der Waals surface area (Å²) >= 11 is 0. The smallest absolute Gasteiger partial charge is 0.0644 e. The van der Waals surface area contributed by atoms with Gasteiger partial charge >= 0.3 is 0 Å². The molecule has 1 heterocycles. The summed E-state index contributed by atoms with van der Waals surface area (Å²) in [6.07, 6.45) is 5.62. The predicted octanol–water partition coefficient (Wildman–Crippen LogP) is 3.75. The molecule has 0 aromatic carbocycles. The van der Waals surface area contributed by atoms with E-state index < -0.39 is 0 Å². The van der Waals surface area contributed by atoms with Crippen LogP contribution in [-0.2, 0) is 6.54 Å². The van der Waals surface area contributed by atoms with Crippen molar-refractivity contribution in [3.8, 4) is 0 Å². The highest BCUT2D eigenvalue weighted by Crippen LogP contribution is 2.29. The van der Waals surface area contributed by atoms with Gasteiger partial charge in [0.05, 0.1) is 5.69 Å². The molecule has 1 fully saturated rings. The Labute approximate surface area is 117 Å². The summed E-state index contributed by atoms with van der Waals surface area (Å²) in [5, 5.41) is 8.44. The van der Waals surface area contributed by atoms with Crippen LogP contribution >= 0.6 is 0 Å². The molecule has 1 aliphatic carbocycles. The second-order valence-electron chi connectivity index (χ2n) is 6.12. The fraction of sp³-hybridized carbons (Fsp3) is 0.812. The molecule has 108 valence electrons. The fourth-order valence-corrected chi connectivity index (χ4v) is 3.72. The fourth-order valence-electron chi connectivity index (χ4n) is 3.72. The highest BCUT2D eigenvalue weighted by molar-refractivity contribution is 5.27. The number of hydrogen-bond acceptors (Lipinski definition) is 2. The molecule has 2 atom stereocenters. The van der Waals surface area contributed by atoms with Crippen LogP contribution in [0.2, 0.25) is 0 Å². The molecule has 1 N–H and O–H groups in total. The van der Waals surface area contributed by atoms with Crippen LogP contribution in [0.5, 0.6) is 0 Å². The minimum Gasteiger partial charge on any atom is -0.307 e. The van der Waals surface area contributed by atoms with Crippen molar-refractivity contribution in [3.05, 3.63) is 17.0 Å². The topological polar surface area (TPSA) is 29.9 Å². The molecular formula is C16H29N3. The van der Waals surface area contributed by atoms with E-state index in [1.165, 1.54) is 42.6 Å². The molecule has 2 unspecified atom stereocenters. The van der Waals surface area contributed by atoms with Crippen LogP contribution in [-0.4, -0.2) is 15.8 Å². The zero-order valence-corrected chi connectivity index (χ0v) is 13.2. The molecule has 0 radical (unpaired) electrons.